The second kappa shape index (κ2) is 5.03. The maximum Gasteiger partial charge on any atom is 0.421 e. The average molecular weight is 223 g/mol. The molecule has 1 aromatic heterocycles. The summed E-state index contributed by atoms with van der Waals surface area (Å²) >= 11 is 0. The van der Waals surface area contributed by atoms with Gasteiger partial charge in [-0.05, 0) is 31.4 Å². The van der Waals surface area contributed by atoms with Gasteiger partial charge in [0.25, 0.3) is 0 Å². The molecule has 0 saturated carbocycles. The first kappa shape index (κ1) is 11.0. The minimum Gasteiger partial charge on any atom is -0.452 e. The molecule has 0 aromatic carbocycles. The standard InChI is InChI=1S/C11H17N3O2/c1-16-11(15)12-14-9-3-2-6-10(14)13-7-4-5-8-13/h4-5,7-8,10H,2-3,6,9H2,1H3,(H,12,15). The molecule has 1 aliphatic rings. The van der Waals surface area contributed by atoms with Gasteiger partial charge < -0.3 is 9.30 Å². The molecule has 1 aliphatic heterocycles. The van der Waals surface area contributed by atoms with Gasteiger partial charge in [-0.2, -0.15) is 5.01 Å². The molecule has 0 bridgehead atoms. The van der Waals surface area contributed by atoms with Crippen molar-refractivity contribution in [1.29, 1.82) is 0 Å². The van der Waals surface area contributed by atoms with Crippen molar-refractivity contribution in [2.75, 3.05) is 13.7 Å². The summed E-state index contributed by atoms with van der Waals surface area (Å²) in [4.78, 5) is 11.2. The number of carbonyl (C=O) groups excluding carboxylic acids is 1. The highest BCUT2D eigenvalue weighted by atomic mass is 16.5. The molecule has 1 N–H and O–H groups in total. The smallest absolute Gasteiger partial charge is 0.421 e. The van der Waals surface area contributed by atoms with Gasteiger partial charge in [0, 0.05) is 18.9 Å². The normalized spacial score (nSPS) is 21.7. The van der Waals surface area contributed by atoms with Crippen LogP contribution in [0.15, 0.2) is 24.5 Å². The lowest BCUT2D eigenvalue weighted by Crippen LogP contribution is -2.48. The van der Waals surface area contributed by atoms with Gasteiger partial charge >= 0.3 is 6.09 Å². The Hall–Kier alpha value is -1.49. The van der Waals surface area contributed by atoms with Crippen LogP contribution < -0.4 is 5.43 Å². The number of aromatic nitrogens is 1. The number of methoxy groups -OCH3 is 1. The second-order valence-corrected chi connectivity index (χ2v) is 3.90. The number of rotatable bonds is 2. The maximum atomic E-state index is 11.2. The van der Waals surface area contributed by atoms with Crippen LogP contribution in [0.5, 0.6) is 0 Å². The Balaban J connectivity index is 2.05. The number of hydrogen-bond donors (Lipinski definition) is 1. The summed E-state index contributed by atoms with van der Waals surface area (Å²) in [6, 6.07) is 3.98. The van der Waals surface area contributed by atoms with E-state index in [0.717, 1.165) is 19.4 Å². The Kier molecular flexibility index (Phi) is 3.46. The highest BCUT2D eigenvalue weighted by molar-refractivity contribution is 5.66. The molecule has 5 nitrogen and oxygen atoms in total. The minimum atomic E-state index is -0.404. The molecule has 2 rings (SSSR count). The third kappa shape index (κ3) is 2.36. The zero-order valence-electron chi connectivity index (χ0n) is 9.43. The average Bonchev–Trinajstić information content (AvgIpc) is 2.83. The number of piperidine rings is 1. The third-order valence-electron chi connectivity index (χ3n) is 2.86. The molecule has 1 saturated heterocycles. The largest absolute Gasteiger partial charge is 0.452 e. The predicted octanol–water partition coefficient (Wildman–Crippen LogP) is 1.74. The molecule has 1 atom stereocenters. The van der Waals surface area contributed by atoms with E-state index in [1.54, 1.807) is 0 Å². The number of hydrogen-bond acceptors (Lipinski definition) is 3. The van der Waals surface area contributed by atoms with E-state index in [9.17, 15) is 4.79 Å². The maximum absolute atomic E-state index is 11.2. The van der Waals surface area contributed by atoms with Crippen molar-refractivity contribution in [1.82, 2.24) is 15.0 Å². The molecule has 1 amide bonds. The van der Waals surface area contributed by atoms with Crippen LogP contribution in [-0.2, 0) is 4.74 Å². The van der Waals surface area contributed by atoms with Crippen molar-refractivity contribution < 1.29 is 9.53 Å². The second-order valence-electron chi connectivity index (χ2n) is 3.90. The summed E-state index contributed by atoms with van der Waals surface area (Å²) in [6.45, 7) is 0.859. The summed E-state index contributed by atoms with van der Waals surface area (Å²) in [5.74, 6) is 0. The summed E-state index contributed by atoms with van der Waals surface area (Å²) in [5, 5.41) is 1.94. The van der Waals surface area contributed by atoms with Crippen molar-refractivity contribution in [3.8, 4) is 0 Å². The Labute approximate surface area is 95.0 Å². The van der Waals surface area contributed by atoms with E-state index >= 15 is 0 Å². The lowest BCUT2D eigenvalue weighted by atomic mass is 10.1. The first-order chi connectivity index (χ1) is 7.81. The Morgan fingerprint density at radius 2 is 2.12 bits per heavy atom. The lowest BCUT2D eigenvalue weighted by Gasteiger charge is -2.35. The van der Waals surface area contributed by atoms with Gasteiger partial charge in [-0.1, -0.05) is 0 Å². The van der Waals surface area contributed by atoms with Crippen LogP contribution >= 0.6 is 0 Å². The monoisotopic (exact) mass is 223 g/mol. The molecule has 0 radical (unpaired) electrons. The molecule has 16 heavy (non-hydrogen) atoms. The number of ether oxygens (including phenoxy) is 1. The van der Waals surface area contributed by atoms with Crippen LogP contribution in [0, 0.1) is 0 Å². The number of carbonyl (C=O) groups is 1. The van der Waals surface area contributed by atoms with Crippen LogP contribution in [0.1, 0.15) is 25.4 Å². The molecule has 1 unspecified atom stereocenters. The van der Waals surface area contributed by atoms with Crippen molar-refractivity contribution >= 4 is 6.09 Å². The van der Waals surface area contributed by atoms with E-state index in [2.05, 4.69) is 14.7 Å². The van der Waals surface area contributed by atoms with Crippen LogP contribution in [0.2, 0.25) is 0 Å². The Morgan fingerprint density at radius 1 is 1.38 bits per heavy atom. The van der Waals surface area contributed by atoms with Crippen molar-refractivity contribution in [3.63, 3.8) is 0 Å². The SMILES string of the molecule is COC(=O)NN1CCCCC1n1cccc1. The number of nitrogens with zero attached hydrogens (tertiary/aromatic N) is 2. The fourth-order valence-corrected chi connectivity index (χ4v) is 2.06. The van der Waals surface area contributed by atoms with Gasteiger partial charge in [-0.15, -0.1) is 0 Å². The van der Waals surface area contributed by atoms with Crippen molar-refractivity contribution in [2.24, 2.45) is 0 Å². The summed E-state index contributed by atoms with van der Waals surface area (Å²) in [5.41, 5.74) is 2.76. The summed E-state index contributed by atoms with van der Waals surface area (Å²) < 4.78 is 6.72. The fourth-order valence-electron chi connectivity index (χ4n) is 2.06. The molecule has 5 heteroatoms. The minimum absolute atomic E-state index is 0.197. The third-order valence-corrected chi connectivity index (χ3v) is 2.86. The van der Waals surface area contributed by atoms with E-state index in [4.69, 9.17) is 0 Å². The van der Waals surface area contributed by atoms with E-state index in [0.29, 0.717) is 0 Å². The van der Waals surface area contributed by atoms with Crippen molar-refractivity contribution in [3.05, 3.63) is 24.5 Å². The molecule has 2 heterocycles. The van der Waals surface area contributed by atoms with Gasteiger partial charge in [0.05, 0.1) is 7.11 Å². The van der Waals surface area contributed by atoms with Gasteiger partial charge in [-0.3, -0.25) is 5.43 Å². The highest BCUT2D eigenvalue weighted by Gasteiger charge is 2.24. The molecule has 1 fully saturated rings. The zero-order valence-corrected chi connectivity index (χ0v) is 9.43. The van der Waals surface area contributed by atoms with Gasteiger partial charge in [0.2, 0.25) is 0 Å². The number of amides is 1. The van der Waals surface area contributed by atoms with Gasteiger partial charge in [0.15, 0.2) is 0 Å². The van der Waals surface area contributed by atoms with Gasteiger partial charge in [0.1, 0.15) is 6.17 Å². The van der Waals surface area contributed by atoms with Crippen LogP contribution in [0.25, 0.3) is 0 Å². The summed E-state index contributed by atoms with van der Waals surface area (Å²) in [7, 11) is 1.38. The topological polar surface area (TPSA) is 46.5 Å². The van der Waals surface area contributed by atoms with E-state index in [1.807, 2.05) is 29.5 Å². The predicted molar refractivity (Wildman–Crippen MR) is 59.6 cm³/mol. The number of hydrazine groups is 1. The first-order valence-corrected chi connectivity index (χ1v) is 5.55. The van der Waals surface area contributed by atoms with Crippen LogP contribution in [-0.4, -0.2) is 29.3 Å². The van der Waals surface area contributed by atoms with Crippen molar-refractivity contribution in [2.45, 2.75) is 25.4 Å². The molecular weight excluding hydrogens is 206 g/mol. The quantitative estimate of drug-likeness (QED) is 0.830. The lowest BCUT2D eigenvalue weighted by molar-refractivity contribution is 0.0377. The Bertz CT molecular complexity index is 337. The van der Waals surface area contributed by atoms with Gasteiger partial charge in [-0.25, -0.2) is 4.79 Å². The van der Waals surface area contributed by atoms with E-state index in [-0.39, 0.29) is 6.17 Å². The molecule has 0 aliphatic carbocycles. The summed E-state index contributed by atoms with van der Waals surface area (Å²) in [6.07, 6.45) is 7.15. The fraction of sp³-hybridized carbons (Fsp3) is 0.545. The Morgan fingerprint density at radius 3 is 2.81 bits per heavy atom. The van der Waals surface area contributed by atoms with E-state index in [1.165, 1.54) is 13.5 Å². The van der Waals surface area contributed by atoms with Crippen LogP contribution in [0.4, 0.5) is 4.79 Å². The van der Waals surface area contributed by atoms with Crippen LogP contribution in [0.3, 0.4) is 0 Å². The highest BCUT2D eigenvalue weighted by Crippen LogP contribution is 2.24. The molecule has 88 valence electrons. The molecular formula is C11H17N3O2. The number of nitrogens with one attached hydrogen (secondary N) is 1. The zero-order chi connectivity index (χ0) is 11.4. The first-order valence-electron chi connectivity index (χ1n) is 5.55. The molecule has 1 aromatic rings. The van der Waals surface area contributed by atoms with E-state index < -0.39 is 6.09 Å². The molecule has 0 spiro atoms.